The van der Waals surface area contributed by atoms with E-state index in [0.29, 0.717) is 13.1 Å². The zero-order valence-electron chi connectivity index (χ0n) is 14.2. The van der Waals surface area contributed by atoms with Crippen LogP contribution in [0.2, 0.25) is 0 Å². The fourth-order valence-corrected chi connectivity index (χ4v) is 3.09. The number of rotatable bonds is 2. The smallest absolute Gasteiger partial charge is 0.240 e. The highest BCUT2D eigenvalue weighted by molar-refractivity contribution is 9.10. The largest absolute Gasteiger partial charge is 0.353 e. The van der Waals surface area contributed by atoms with Gasteiger partial charge in [0.05, 0.1) is 16.7 Å². The van der Waals surface area contributed by atoms with Gasteiger partial charge in [0, 0.05) is 32.4 Å². The van der Waals surface area contributed by atoms with Crippen LogP contribution in [0.4, 0.5) is 5.82 Å². The number of anilines is 1. The average Bonchev–Trinajstić information content (AvgIpc) is 2.93. The first kappa shape index (κ1) is 17.2. The Morgan fingerprint density at radius 2 is 1.96 bits per heavy atom. The van der Waals surface area contributed by atoms with Crippen LogP contribution >= 0.6 is 15.9 Å². The van der Waals surface area contributed by atoms with Gasteiger partial charge in [-0.1, -0.05) is 20.8 Å². The molecule has 1 fully saturated rings. The Labute approximate surface area is 149 Å². The molecule has 24 heavy (non-hydrogen) atoms. The van der Waals surface area contributed by atoms with Crippen LogP contribution in [-0.4, -0.2) is 57.6 Å². The molecule has 3 heterocycles. The van der Waals surface area contributed by atoms with Crippen molar-refractivity contribution >= 4 is 33.3 Å². The second-order valence-electron chi connectivity index (χ2n) is 7.20. The normalized spacial score (nSPS) is 17.4. The summed E-state index contributed by atoms with van der Waals surface area (Å²) < 4.78 is 2.60. The number of carbonyl (C=O) groups is 1. The molecule has 1 unspecified atom stereocenters. The van der Waals surface area contributed by atoms with E-state index in [1.165, 1.54) is 0 Å². The molecule has 7 nitrogen and oxygen atoms in total. The molecule has 2 aromatic heterocycles. The number of piperazine rings is 1. The molecule has 1 saturated heterocycles. The summed E-state index contributed by atoms with van der Waals surface area (Å²) in [5.41, 5.74) is 6.67. The third kappa shape index (κ3) is 3.25. The van der Waals surface area contributed by atoms with Crippen LogP contribution in [-0.2, 0) is 4.79 Å². The molecule has 130 valence electrons. The molecule has 1 aliphatic rings. The summed E-state index contributed by atoms with van der Waals surface area (Å²) in [4.78, 5) is 21.2. The van der Waals surface area contributed by atoms with Crippen molar-refractivity contribution in [3.8, 4) is 0 Å². The number of carbonyl (C=O) groups excluding carboxylic acids is 1. The first-order chi connectivity index (χ1) is 11.3. The van der Waals surface area contributed by atoms with E-state index in [0.717, 1.165) is 29.0 Å². The van der Waals surface area contributed by atoms with Gasteiger partial charge in [-0.15, -0.1) is 0 Å². The zero-order valence-corrected chi connectivity index (χ0v) is 15.8. The van der Waals surface area contributed by atoms with Gasteiger partial charge < -0.3 is 15.5 Å². The maximum Gasteiger partial charge on any atom is 0.240 e. The Morgan fingerprint density at radius 3 is 2.58 bits per heavy atom. The van der Waals surface area contributed by atoms with Crippen molar-refractivity contribution in [1.82, 2.24) is 19.5 Å². The van der Waals surface area contributed by atoms with E-state index in [1.54, 1.807) is 10.7 Å². The minimum Gasteiger partial charge on any atom is -0.353 e. The summed E-state index contributed by atoms with van der Waals surface area (Å²) in [6.45, 7) is 8.80. The number of hydrogen-bond acceptors (Lipinski definition) is 5. The summed E-state index contributed by atoms with van der Waals surface area (Å²) in [5.74, 6) is 0.931. The molecule has 1 amide bonds. The third-order valence-electron chi connectivity index (χ3n) is 4.43. The summed E-state index contributed by atoms with van der Waals surface area (Å²) in [5, 5.41) is 4.20. The number of fused-ring (bicyclic) bond motifs is 1. The van der Waals surface area contributed by atoms with E-state index in [4.69, 9.17) is 5.73 Å². The lowest BCUT2D eigenvalue weighted by molar-refractivity contribution is -0.135. The number of nitrogens with zero attached hydrogens (tertiary/aromatic N) is 5. The van der Waals surface area contributed by atoms with Gasteiger partial charge in [0.25, 0.3) is 0 Å². The van der Waals surface area contributed by atoms with Crippen molar-refractivity contribution in [2.24, 2.45) is 11.1 Å². The fraction of sp³-hybridized carbons (Fsp3) is 0.562. The van der Waals surface area contributed by atoms with Gasteiger partial charge >= 0.3 is 0 Å². The minimum atomic E-state index is -0.471. The van der Waals surface area contributed by atoms with Crippen LogP contribution in [0.1, 0.15) is 20.8 Å². The molecule has 0 bridgehead atoms. The summed E-state index contributed by atoms with van der Waals surface area (Å²) in [6.07, 6.45) is 3.63. The molecule has 8 heteroatoms. The summed E-state index contributed by atoms with van der Waals surface area (Å²) in [6, 6.07) is 1.48. The molecule has 0 aliphatic carbocycles. The van der Waals surface area contributed by atoms with Crippen LogP contribution < -0.4 is 10.6 Å². The van der Waals surface area contributed by atoms with Crippen molar-refractivity contribution in [2.75, 3.05) is 31.1 Å². The molecule has 1 aliphatic heterocycles. The molecule has 1 atom stereocenters. The lowest BCUT2D eigenvalue weighted by atomic mass is 9.86. The van der Waals surface area contributed by atoms with Crippen LogP contribution in [0.25, 0.3) is 5.65 Å². The Hall–Kier alpha value is -1.67. The lowest BCUT2D eigenvalue weighted by Gasteiger charge is -2.38. The maximum atomic E-state index is 12.5. The Kier molecular flexibility index (Phi) is 4.52. The van der Waals surface area contributed by atoms with Crippen molar-refractivity contribution in [3.63, 3.8) is 0 Å². The summed E-state index contributed by atoms with van der Waals surface area (Å²) in [7, 11) is 0. The first-order valence-corrected chi connectivity index (χ1v) is 8.86. The number of hydrogen-bond donors (Lipinski definition) is 1. The maximum absolute atomic E-state index is 12.5. The van der Waals surface area contributed by atoms with E-state index >= 15 is 0 Å². The first-order valence-electron chi connectivity index (χ1n) is 8.06. The molecule has 0 spiro atoms. The summed E-state index contributed by atoms with van der Waals surface area (Å²) >= 11 is 3.46. The highest BCUT2D eigenvalue weighted by Gasteiger charge is 2.32. The van der Waals surface area contributed by atoms with Crippen LogP contribution in [0, 0.1) is 5.41 Å². The number of amides is 1. The number of nitrogens with two attached hydrogens (primary N) is 1. The van der Waals surface area contributed by atoms with Gasteiger partial charge in [-0.25, -0.2) is 9.50 Å². The van der Waals surface area contributed by atoms with E-state index in [2.05, 4.69) is 30.9 Å². The highest BCUT2D eigenvalue weighted by atomic mass is 79.9. The van der Waals surface area contributed by atoms with Gasteiger partial charge in [-0.3, -0.25) is 4.79 Å². The molecule has 0 aromatic carbocycles. The van der Waals surface area contributed by atoms with Crippen molar-refractivity contribution in [2.45, 2.75) is 26.8 Å². The van der Waals surface area contributed by atoms with E-state index in [9.17, 15) is 4.79 Å². The Balaban J connectivity index is 1.68. The number of aromatic nitrogens is 3. The Bertz CT molecular complexity index is 745. The van der Waals surface area contributed by atoms with Gasteiger partial charge in [-0.2, -0.15) is 5.10 Å². The van der Waals surface area contributed by atoms with Crippen LogP contribution in [0.5, 0.6) is 0 Å². The van der Waals surface area contributed by atoms with E-state index < -0.39 is 6.04 Å². The molecule has 0 radical (unpaired) electrons. The van der Waals surface area contributed by atoms with Crippen molar-refractivity contribution < 1.29 is 4.79 Å². The van der Waals surface area contributed by atoms with Crippen molar-refractivity contribution in [1.29, 1.82) is 0 Å². The van der Waals surface area contributed by atoms with Gasteiger partial charge in [0.2, 0.25) is 5.91 Å². The van der Waals surface area contributed by atoms with Gasteiger partial charge in [0.1, 0.15) is 5.82 Å². The number of halogens is 1. The van der Waals surface area contributed by atoms with Crippen LogP contribution in [0.15, 0.2) is 22.9 Å². The SMILES string of the molecule is CC(C)(C)C(N)C(=O)N1CCN(c2ccn3ncc(Br)c3n2)CC1. The third-order valence-corrected chi connectivity index (χ3v) is 4.99. The monoisotopic (exact) mass is 394 g/mol. The second kappa shape index (κ2) is 6.33. The fourth-order valence-electron chi connectivity index (χ4n) is 2.73. The van der Waals surface area contributed by atoms with Crippen LogP contribution in [0.3, 0.4) is 0 Å². The molecule has 2 aromatic rings. The molecule has 0 saturated carbocycles. The molecule has 2 N–H and O–H groups in total. The highest BCUT2D eigenvalue weighted by Crippen LogP contribution is 2.22. The quantitative estimate of drug-likeness (QED) is 0.834. The standard InChI is InChI=1S/C16H23BrN6O/c1-16(2,3)13(18)15(24)22-8-6-21(7-9-22)12-4-5-23-14(20-12)11(17)10-19-23/h4-5,10,13H,6-9,18H2,1-3H3. The molecule has 3 rings (SSSR count). The Morgan fingerprint density at radius 1 is 1.29 bits per heavy atom. The average molecular weight is 395 g/mol. The second-order valence-corrected chi connectivity index (χ2v) is 8.06. The predicted octanol–water partition coefficient (Wildman–Crippen LogP) is 1.51. The van der Waals surface area contributed by atoms with E-state index in [-0.39, 0.29) is 11.3 Å². The molecular weight excluding hydrogens is 372 g/mol. The van der Waals surface area contributed by atoms with Gasteiger partial charge in [-0.05, 0) is 27.4 Å². The zero-order chi connectivity index (χ0) is 17.5. The van der Waals surface area contributed by atoms with Crippen molar-refractivity contribution in [3.05, 3.63) is 22.9 Å². The minimum absolute atomic E-state index is 0.0316. The molecular formula is C16H23BrN6O. The predicted molar refractivity (Wildman–Crippen MR) is 96.9 cm³/mol. The lowest BCUT2D eigenvalue weighted by Crippen LogP contribution is -2.56. The topological polar surface area (TPSA) is 79.8 Å². The van der Waals surface area contributed by atoms with Gasteiger partial charge in [0.15, 0.2) is 5.65 Å². The van der Waals surface area contributed by atoms with E-state index in [1.807, 2.05) is 37.9 Å².